The molecule has 1 unspecified atom stereocenters. The Morgan fingerprint density at radius 2 is 2.20 bits per heavy atom. The minimum Gasteiger partial charge on any atom is -0.341 e. The Kier molecular flexibility index (Phi) is 4.58. The predicted molar refractivity (Wildman–Crippen MR) is 62.4 cm³/mol. The summed E-state index contributed by atoms with van der Waals surface area (Å²) < 4.78 is 0. The molecule has 0 saturated carbocycles. The van der Waals surface area contributed by atoms with Crippen LogP contribution in [0.15, 0.2) is 0 Å². The van der Waals surface area contributed by atoms with Crippen LogP contribution in [-0.2, 0) is 4.79 Å². The lowest BCUT2D eigenvalue weighted by Gasteiger charge is -2.21. The van der Waals surface area contributed by atoms with Crippen LogP contribution in [0.25, 0.3) is 0 Å². The second-order valence-corrected chi connectivity index (χ2v) is 4.97. The fourth-order valence-electron chi connectivity index (χ4n) is 2.20. The van der Waals surface area contributed by atoms with E-state index < -0.39 is 0 Å². The number of hydrogen-bond donors (Lipinski definition) is 1. The summed E-state index contributed by atoms with van der Waals surface area (Å²) in [5.74, 6) is 1.49. The van der Waals surface area contributed by atoms with Crippen LogP contribution in [0, 0.1) is 11.8 Å². The van der Waals surface area contributed by atoms with Crippen molar-refractivity contribution in [1.82, 2.24) is 4.90 Å². The van der Waals surface area contributed by atoms with E-state index in [-0.39, 0.29) is 11.9 Å². The zero-order chi connectivity index (χ0) is 11.4. The van der Waals surface area contributed by atoms with E-state index in [1.165, 1.54) is 0 Å². The molecule has 3 nitrogen and oxygen atoms in total. The topological polar surface area (TPSA) is 46.3 Å². The third-order valence-electron chi connectivity index (χ3n) is 3.40. The van der Waals surface area contributed by atoms with Crippen LogP contribution in [0.1, 0.15) is 40.0 Å². The molecule has 0 aromatic heterocycles. The lowest BCUT2D eigenvalue weighted by molar-refractivity contribution is -0.131. The molecular weight excluding hydrogens is 188 g/mol. The van der Waals surface area contributed by atoms with Gasteiger partial charge in [-0.25, -0.2) is 0 Å². The molecule has 0 bridgehead atoms. The monoisotopic (exact) mass is 212 g/mol. The van der Waals surface area contributed by atoms with Gasteiger partial charge in [0.2, 0.25) is 5.91 Å². The molecule has 0 aromatic carbocycles. The van der Waals surface area contributed by atoms with Crippen molar-refractivity contribution in [2.75, 3.05) is 13.1 Å². The second kappa shape index (κ2) is 5.50. The van der Waals surface area contributed by atoms with E-state index in [0.29, 0.717) is 11.8 Å². The van der Waals surface area contributed by atoms with Gasteiger partial charge in [0.05, 0.1) is 6.04 Å². The van der Waals surface area contributed by atoms with E-state index >= 15 is 0 Å². The van der Waals surface area contributed by atoms with Crippen LogP contribution in [0.2, 0.25) is 0 Å². The van der Waals surface area contributed by atoms with Crippen LogP contribution in [0.5, 0.6) is 0 Å². The molecule has 2 N–H and O–H groups in total. The Labute approximate surface area is 93.0 Å². The van der Waals surface area contributed by atoms with Crippen LogP contribution in [0.3, 0.4) is 0 Å². The van der Waals surface area contributed by atoms with E-state index in [4.69, 9.17) is 5.73 Å². The molecule has 1 fully saturated rings. The van der Waals surface area contributed by atoms with E-state index in [0.717, 1.165) is 32.4 Å². The van der Waals surface area contributed by atoms with Gasteiger partial charge in [0.15, 0.2) is 0 Å². The van der Waals surface area contributed by atoms with Crippen molar-refractivity contribution < 1.29 is 4.79 Å². The molecule has 1 rings (SSSR count). The summed E-state index contributed by atoms with van der Waals surface area (Å²) in [7, 11) is 0. The number of nitrogens with zero attached hydrogens (tertiary/aromatic N) is 1. The molecule has 0 spiro atoms. The fourth-order valence-corrected chi connectivity index (χ4v) is 2.20. The van der Waals surface area contributed by atoms with Gasteiger partial charge in [-0.1, -0.05) is 27.2 Å². The number of amides is 1. The number of rotatable bonds is 4. The number of carbonyl (C=O) groups excluding carboxylic acids is 1. The van der Waals surface area contributed by atoms with Gasteiger partial charge in [0.25, 0.3) is 0 Å². The second-order valence-electron chi connectivity index (χ2n) is 4.97. The SMILES string of the molecule is CCC[C@@H](N)C(=O)N1CCC(C(C)C)C1. The molecule has 1 saturated heterocycles. The average Bonchev–Trinajstić information content (AvgIpc) is 2.65. The van der Waals surface area contributed by atoms with Crippen molar-refractivity contribution in [3.63, 3.8) is 0 Å². The summed E-state index contributed by atoms with van der Waals surface area (Å²) in [6, 6.07) is -0.277. The first-order chi connectivity index (χ1) is 7.06. The Morgan fingerprint density at radius 3 is 2.67 bits per heavy atom. The third-order valence-corrected chi connectivity index (χ3v) is 3.40. The lowest BCUT2D eigenvalue weighted by Crippen LogP contribution is -2.42. The molecule has 0 aromatic rings. The van der Waals surface area contributed by atoms with Crippen LogP contribution >= 0.6 is 0 Å². The zero-order valence-corrected chi connectivity index (χ0v) is 10.2. The molecule has 3 heteroatoms. The van der Waals surface area contributed by atoms with Gasteiger partial charge in [-0.2, -0.15) is 0 Å². The smallest absolute Gasteiger partial charge is 0.239 e. The quantitative estimate of drug-likeness (QED) is 0.769. The fraction of sp³-hybridized carbons (Fsp3) is 0.917. The summed E-state index contributed by atoms with van der Waals surface area (Å²) in [4.78, 5) is 13.9. The normalized spacial score (nSPS) is 23.5. The third kappa shape index (κ3) is 3.20. The number of hydrogen-bond acceptors (Lipinski definition) is 2. The largest absolute Gasteiger partial charge is 0.341 e. The summed E-state index contributed by atoms with van der Waals surface area (Å²) >= 11 is 0. The van der Waals surface area contributed by atoms with Gasteiger partial charge in [-0.15, -0.1) is 0 Å². The molecule has 88 valence electrons. The highest BCUT2D eigenvalue weighted by Gasteiger charge is 2.30. The minimum atomic E-state index is -0.277. The maximum absolute atomic E-state index is 11.9. The van der Waals surface area contributed by atoms with Crippen LogP contribution < -0.4 is 5.73 Å². The predicted octanol–water partition coefficient (Wildman–Crippen LogP) is 1.62. The van der Waals surface area contributed by atoms with E-state index in [1.807, 2.05) is 4.90 Å². The molecule has 15 heavy (non-hydrogen) atoms. The molecule has 2 atom stereocenters. The van der Waals surface area contributed by atoms with Gasteiger partial charge in [0.1, 0.15) is 0 Å². The van der Waals surface area contributed by atoms with Crippen molar-refractivity contribution in [2.45, 2.75) is 46.1 Å². The van der Waals surface area contributed by atoms with Crippen LogP contribution in [0.4, 0.5) is 0 Å². The van der Waals surface area contributed by atoms with Gasteiger partial charge < -0.3 is 10.6 Å². The number of nitrogens with two attached hydrogens (primary N) is 1. The highest BCUT2D eigenvalue weighted by atomic mass is 16.2. The standard InChI is InChI=1S/C12H24N2O/c1-4-5-11(13)12(15)14-7-6-10(8-14)9(2)3/h9-11H,4-8,13H2,1-3H3/t10?,11-/m1/s1. The lowest BCUT2D eigenvalue weighted by atomic mass is 9.95. The molecule has 0 radical (unpaired) electrons. The summed E-state index contributed by atoms with van der Waals surface area (Å²) in [6.45, 7) is 8.33. The van der Waals surface area contributed by atoms with E-state index in [2.05, 4.69) is 20.8 Å². The Bertz CT molecular complexity index is 216. The van der Waals surface area contributed by atoms with E-state index in [1.54, 1.807) is 0 Å². The molecular formula is C12H24N2O. The minimum absolute atomic E-state index is 0.153. The van der Waals surface area contributed by atoms with Gasteiger partial charge in [-0.05, 0) is 24.7 Å². The first kappa shape index (κ1) is 12.5. The summed E-state index contributed by atoms with van der Waals surface area (Å²) in [5, 5.41) is 0. The number of carbonyl (C=O) groups is 1. The number of likely N-dealkylation sites (tertiary alicyclic amines) is 1. The Morgan fingerprint density at radius 1 is 1.53 bits per heavy atom. The van der Waals surface area contributed by atoms with Crippen molar-refractivity contribution in [2.24, 2.45) is 17.6 Å². The van der Waals surface area contributed by atoms with Crippen molar-refractivity contribution >= 4 is 5.91 Å². The van der Waals surface area contributed by atoms with Gasteiger partial charge >= 0.3 is 0 Å². The summed E-state index contributed by atoms with van der Waals surface area (Å²) in [5.41, 5.74) is 5.84. The van der Waals surface area contributed by atoms with Crippen molar-refractivity contribution in [3.8, 4) is 0 Å². The average molecular weight is 212 g/mol. The van der Waals surface area contributed by atoms with Crippen LogP contribution in [-0.4, -0.2) is 29.9 Å². The molecule has 1 heterocycles. The van der Waals surface area contributed by atoms with Crippen molar-refractivity contribution in [1.29, 1.82) is 0 Å². The molecule has 0 aliphatic carbocycles. The maximum atomic E-state index is 11.9. The van der Waals surface area contributed by atoms with Gasteiger partial charge in [-0.3, -0.25) is 4.79 Å². The summed E-state index contributed by atoms with van der Waals surface area (Å²) in [6.07, 6.45) is 2.93. The first-order valence-corrected chi connectivity index (χ1v) is 6.10. The molecule has 1 amide bonds. The highest BCUT2D eigenvalue weighted by molar-refractivity contribution is 5.81. The molecule has 1 aliphatic heterocycles. The van der Waals surface area contributed by atoms with Crippen molar-refractivity contribution in [3.05, 3.63) is 0 Å². The van der Waals surface area contributed by atoms with Gasteiger partial charge in [0, 0.05) is 13.1 Å². The zero-order valence-electron chi connectivity index (χ0n) is 10.2. The molecule has 1 aliphatic rings. The Balaban J connectivity index is 2.42. The Hall–Kier alpha value is -0.570. The van der Waals surface area contributed by atoms with E-state index in [9.17, 15) is 4.79 Å². The highest BCUT2D eigenvalue weighted by Crippen LogP contribution is 2.24. The maximum Gasteiger partial charge on any atom is 0.239 e. The first-order valence-electron chi connectivity index (χ1n) is 6.10.